The molecule has 8 heteroatoms. The highest BCUT2D eigenvalue weighted by Crippen LogP contribution is 2.32. The molecular weight excluding hydrogens is 388 g/mol. The molecule has 166 valence electrons. The number of carbonyl (C=O) groups excluding carboxylic acids is 3. The average Bonchev–Trinajstić information content (AvgIpc) is 2.64. The predicted molar refractivity (Wildman–Crippen MR) is 116 cm³/mol. The number of alkyl carbamates (subject to hydrolysis) is 1. The van der Waals surface area contributed by atoms with Gasteiger partial charge in [0.05, 0.1) is 19.9 Å². The minimum absolute atomic E-state index is 0.0614. The number of ether oxygens (including phenoxy) is 3. The number of carbonyl (C=O) groups is 3. The summed E-state index contributed by atoms with van der Waals surface area (Å²) in [6.45, 7) is 12.8. The highest BCUT2D eigenvalue weighted by molar-refractivity contribution is 6.05. The van der Waals surface area contributed by atoms with Crippen molar-refractivity contribution in [1.82, 2.24) is 5.32 Å². The highest BCUT2D eigenvalue weighted by atomic mass is 16.6. The minimum atomic E-state index is -0.865. The predicted octanol–water partition coefficient (Wildman–Crippen LogP) is 4.00. The van der Waals surface area contributed by atoms with Crippen molar-refractivity contribution in [1.29, 1.82) is 0 Å². The van der Waals surface area contributed by atoms with Crippen LogP contribution >= 0.6 is 0 Å². The quantitative estimate of drug-likeness (QED) is 0.616. The van der Waals surface area contributed by atoms with E-state index in [-0.39, 0.29) is 22.9 Å². The molecule has 0 bridgehead atoms. The lowest BCUT2D eigenvalue weighted by Crippen LogP contribution is -2.46. The fourth-order valence-corrected chi connectivity index (χ4v) is 2.76. The second-order valence-electron chi connectivity index (χ2n) is 8.12. The maximum Gasteiger partial charge on any atom is 0.408 e. The number of methoxy groups -OCH3 is 2. The summed E-state index contributed by atoms with van der Waals surface area (Å²) < 4.78 is 15.5. The Morgan fingerprint density at radius 2 is 1.80 bits per heavy atom. The third-order valence-electron chi connectivity index (χ3n) is 3.97. The number of benzene rings is 1. The smallest absolute Gasteiger partial charge is 0.408 e. The van der Waals surface area contributed by atoms with Crippen LogP contribution in [0.4, 0.5) is 10.5 Å². The fraction of sp³-hybridized carbons (Fsp3) is 0.500. The average molecular weight is 421 g/mol. The second kappa shape index (κ2) is 10.7. The van der Waals surface area contributed by atoms with E-state index in [2.05, 4.69) is 17.2 Å². The third kappa shape index (κ3) is 7.09. The largest absolute Gasteiger partial charge is 0.495 e. The van der Waals surface area contributed by atoms with E-state index in [4.69, 9.17) is 14.2 Å². The molecule has 0 radical (unpaired) electrons. The van der Waals surface area contributed by atoms with Crippen LogP contribution in [0.5, 0.6) is 5.75 Å². The van der Waals surface area contributed by atoms with Crippen LogP contribution < -0.4 is 15.4 Å². The summed E-state index contributed by atoms with van der Waals surface area (Å²) in [5, 5.41) is 5.30. The molecule has 1 unspecified atom stereocenters. The lowest BCUT2D eigenvalue weighted by Gasteiger charge is -2.24. The molecule has 1 aromatic carbocycles. The van der Waals surface area contributed by atoms with Gasteiger partial charge in [-0.1, -0.05) is 26.5 Å². The Morgan fingerprint density at radius 3 is 2.27 bits per heavy atom. The Balaban J connectivity index is 3.23. The van der Waals surface area contributed by atoms with Gasteiger partial charge in [-0.15, -0.1) is 0 Å². The number of hydrogen-bond donors (Lipinski definition) is 2. The summed E-state index contributed by atoms with van der Waals surface area (Å²) in [7, 11) is 2.64. The minimum Gasteiger partial charge on any atom is -0.495 e. The number of amides is 2. The van der Waals surface area contributed by atoms with Gasteiger partial charge in [0, 0.05) is 5.56 Å². The molecule has 1 atom stereocenters. The lowest BCUT2D eigenvalue weighted by molar-refractivity contribution is -0.118. The van der Waals surface area contributed by atoms with Crippen LogP contribution in [0, 0.1) is 5.92 Å². The molecular formula is C22H32N2O6. The van der Waals surface area contributed by atoms with Crippen LogP contribution in [0.3, 0.4) is 0 Å². The number of hydrogen-bond acceptors (Lipinski definition) is 6. The van der Waals surface area contributed by atoms with Gasteiger partial charge in [-0.2, -0.15) is 0 Å². The van der Waals surface area contributed by atoms with Gasteiger partial charge in [0.25, 0.3) is 0 Å². The lowest BCUT2D eigenvalue weighted by atomic mass is 10.0. The van der Waals surface area contributed by atoms with Gasteiger partial charge in [-0.25, -0.2) is 9.59 Å². The summed E-state index contributed by atoms with van der Waals surface area (Å²) in [5.41, 5.74) is 0.136. The van der Waals surface area contributed by atoms with E-state index >= 15 is 0 Å². The zero-order valence-corrected chi connectivity index (χ0v) is 18.8. The van der Waals surface area contributed by atoms with Crippen molar-refractivity contribution in [3.63, 3.8) is 0 Å². The van der Waals surface area contributed by atoms with Crippen LogP contribution in [-0.4, -0.2) is 43.8 Å². The standard InChI is InChI=1S/C22H32N2O6/c1-9-14-10-11-15(17(18(14)28-7)20(26)29-8)23-19(25)16(12-13(2)3)24-21(27)30-22(4,5)6/h9-11,13,16H,1,12H2,2-8H3,(H,23,25)(H,24,27). The first-order chi connectivity index (χ1) is 13.9. The van der Waals surface area contributed by atoms with Crippen LogP contribution in [0.15, 0.2) is 18.7 Å². The van der Waals surface area contributed by atoms with Crippen LogP contribution in [0.25, 0.3) is 6.08 Å². The molecule has 1 rings (SSSR count). The topological polar surface area (TPSA) is 103 Å². The van der Waals surface area contributed by atoms with Crippen molar-refractivity contribution >= 4 is 29.7 Å². The van der Waals surface area contributed by atoms with Gasteiger partial charge < -0.3 is 24.8 Å². The highest BCUT2D eigenvalue weighted by Gasteiger charge is 2.28. The molecule has 0 saturated carbocycles. The van der Waals surface area contributed by atoms with Crippen molar-refractivity contribution in [3.8, 4) is 5.75 Å². The molecule has 0 aliphatic heterocycles. The first-order valence-electron chi connectivity index (χ1n) is 9.65. The molecule has 30 heavy (non-hydrogen) atoms. The van der Waals surface area contributed by atoms with Crippen LogP contribution in [-0.2, 0) is 14.3 Å². The SMILES string of the molecule is C=Cc1ccc(NC(=O)C(CC(C)C)NC(=O)OC(C)(C)C)c(C(=O)OC)c1OC. The molecule has 2 N–H and O–H groups in total. The zero-order valence-electron chi connectivity index (χ0n) is 18.8. The Kier molecular flexibility index (Phi) is 8.89. The molecule has 0 heterocycles. The van der Waals surface area contributed by atoms with E-state index in [1.54, 1.807) is 32.9 Å². The van der Waals surface area contributed by atoms with Crippen molar-refractivity contribution in [2.75, 3.05) is 19.5 Å². The first kappa shape index (κ1) is 25.0. The monoisotopic (exact) mass is 420 g/mol. The normalized spacial score (nSPS) is 12.0. The maximum atomic E-state index is 13.0. The Labute approximate surface area is 178 Å². The van der Waals surface area contributed by atoms with E-state index in [0.29, 0.717) is 12.0 Å². The number of esters is 1. The van der Waals surface area contributed by atoms with E-state index in [1.165, 1.54) is 20.3 Å². The molecule has 2 amide bonds. The van der Waals surface area contributed by atoms with Crippen molar-refractivity contribution in [3.05, 3.63) is 29.8 Å². The van der Waals surface area contributed by atoms with Gasteiger partial charge in [0.2, 0.25) is 5.91 Å². The van der Waals surface area contributed by atoms with Gasteiger partial charge in [-0.3, -0.25) is 4.79 Å². The Hall–Kier alpha value is -3.03. The number of nitrogens with one attached hydrogen (secondary N) is 2. The van der Waals surface area contributed by atoms with Crippen molar-refractivity contribution in [2.45, 2.75) is 52.7 Å². The van der Waals surface area contributed by atoms with Crippen LogP contribution in [0.1, 0.15) is 57.0 Å². The summed E-state index contributed by atoms with van der Waals surface area (Å²) in [4.78, 5) is 37.5. The van der Waals surface area contributed by atoms with E-state index in [9.17, 15) is 14.4 Å². The zero-order chi connectivity index (χ0) is 23.1. The molecule has 8 nitrogen and oxygen atoms in total. The molecule has 0 fully saturated rings. The first-order valence-corrected chi connectivity index (χ1v) is 9.65. The molecule has 0 aromatic heterocycles. The molecule has 1 aromatic rings. The van der Waals surface area contributed by atoms with Gasteiger partial charge in [-0.05, 0) is 45.2 Å². The van der Waals surface area contributed by atoms with Crippen molar-refractivity contribution < 1.29 is 28.6 Å². The Morgan fingerprint density at radius 1 is 1.17 bits per heavy atom. The third-order valence-corrected chi connectivity index (χ3v) is 3.97. The maximum absolute atomic E-state index is 13.0. The Bertz CT molecular complexity index is 796. The van der Waals surface area contributed by atoms with Crippen LogP contribution in [0.2, 0.25) is 0 Å². The van der Waals surface area contributed by atoms with Gasteiger partial charge in [0.1, 0.15) is 23.0 Å². The molecule has 0 aliphatic rings. The van der Waals surface area contributed by atoms with E-state index in [1.807, 2.05) is 13.8 Å². The number of anilines is 1. The van der Waals surface area contributed by atoms with E-state index < -0.39 is 29.6 Å². The summed E-state index contributed by atoms with van der Waals surface area (Å²) >= 11 is 0. The van der Waals surface area contributed by atoms with Gasteiger partial charge in [0.15, 0.2) is 0 Å². The molecule has 0 spiro atoms. The fourth-order valence-electron chi connectivity index (χ4n) is 2.76. The second-order valence-corrected chi connectivity index (χ2v) is 8.12. The van der Waals surface area contributed by atoms with Gasteiger partial charge >= 0.3 is 12.1 Å². The summed E-state index contributed by atoms with van der Waals surface area (Å²) in [5.74, 6) is -0.817. The van der Waals surface area contributed by atoms with Crippen molar-refractivity contribution in [2.24, 2.45) is 5.92 Å². The number of rotatable bonds is 8. The van der Waals surface area contributed by atoms with E-state index in [0.717, 1.165) is 0 Å². The summed E-state index contributed by atoms with van der Waals surface area (Å²) in [6.07, 6.45) is 1.21. The summed E-state index contributed by atoms with van der Waals surface area (Å²) in [6, 6.07) is 2.35. The molecule has 0 saturated heterocycles. The molecule has 0 aliphatic carbocycles.